The Kier molecular flexibility index (Phi) is 3.59. The number of alkyl halides is 7. The van der Waals surface area contributed by atoms with Gasteiger partial charge in [0.05, 0.1) is 5.16 Å². The average Bonchev–Trinajstić information content (AvgIpc) is 2.02. The van der Waals surface area contributed by atoms with E-state index in [1.54, 1.807) is 0 Å². The van der Waals surface area contributed by atoms with E-state index in [2.05, 4.69) is 12.2 Å². The number of carbonyl (C=O) groups excluding carboxylic acids is 1. The molecular weight excluding hydrogens is 255 g/mol. The number of nitrogens with zero attached hydrogens (tertiary/aromatic N) is 1. The molecule has 0 unspecified atom stereocenters. The van der Waals surface area contributed by atoms with Crippen molar-refractivity contribution in [2.24, 2.45) is 4.99 Å². The minimum absolute atomic E-state index is 0.975. The maximum Gasteiger partial charge on any atom is 0.460 e. The highest BCUT2D eigenvalue weighted by atomic mass is 32.1. The lowest BCUT2D eigenvalue weighted by molar-refractivity contribution is -0.343. The van der Waals surface area contributed by atoms with Crippen LogP contribution in [0.15, 0.2) is 4.99 Å². The Bertz CT molecular complexity index is 316. The van der Waals surface area contributed by atoms with Gasteiger partial charge in [0, 0.05) is 0 Å². The zero-order valence-electron chi connectivity index (χ0n) is 6.41. The minimum atomic E-state index is -6.57. The van der Waals surface area contributed by atoms with E-state index in [0.29, 0.717) is 0 Å². The largest absolute Gasteiger partial charge is 0.460 e. The summed E-state index contributed by atoms with van der Waals surface area (Å²) in [7, 11) is 0. The normalized spacial score (nSPS) is 13.3. The van der Waals surface area contributed by atoms with Gasteiger partial charge in [-0.15, -0.1) is 0 Å². The molecule has 0 saturated carbocycles. The van der Waals surface area contributed by atoms with Crippen molar-refractivity contribution in [3.05, 3.63) is 0 Å². The number of thiocarbonyl (C=S) groups is 1. The highest BCUT2D eigenvalue weighted by Crippen LogP contribution is 2.46. The summed E-state index contributed by atoms with van der Waals surface area (Å²) in [6.07, 6.45) is -6.57. The van der Waals surface area contributed by atoms with Gasteiger partial charge in [0.2, 0.25) is 0 Å². The second-order valence-electron chi connectivity index (χ2n) is 2.15. The molecule has 0 spiro atoms. The molecule has 0 bridgehead atoms. The van der Waals surface area contributed by atoms with Gasteiger partial charge in [-0.3, -0.25) is 4.79 Å². The fourth-order valence-electron chi connectivity index (χ4n) is 0.424. The van der Waals surface area contributed by atoms with Crippen LogP contribution in [0.3, 0.4) is 0 Å². The minimum Gasteiger partial charge on any atom is -0.264 e. The van der Waals surface area contributed by atoms with Gasteiger partial charge in [-0.05, 0) is 12.2 Å². The molecule has 15 heavy (non-hydrogen) atoms. The molecule has 0 aliphatic heterocycles. The second kappa shape index (κ2) is 3.86. The van der Waals surface area contributed by atoms with E-state index in [1.165, 1.54) is 0 Å². The first-order valence-corrected chi connectivity index (χ1v) is 3.34. The molecule has 10 heteroatoms. The third-order valence-corrected chi connectivity index (χ3v) is 1.26. The molecule has 0 aromatic rings. The van der Waals surface area contributed by atoms with Gasteiger partial charge in [-0.1, -0.05) is 0 Å². The van der Waals surface area contributed by atoms with E-state index >= 15 is 0 Å². The molecule has 0 heterocycles. The smallest absolute Gasteiger partial charge is 0.264 e. The second-order valence-corrected chi connectivity index (χ2v) is 2.34. The van der Waals surface area contributed by atoms with Crippen LogP contribution in [0.2, 0.25) is 0 Å². The highest BCUT2D eigenvalue weighted by Gasteiger charge is 2.76. The zero-order valence-corrected chi connectivity index (χ0v) is 7.23. The Balaban J connectivity index is 5.37. The third kappa shape index (κ3) is 2.32. The molecule has 86 valence electrons. The van der Waals surface area contributed by atoms with Crippen molar-refractivity contribution >= 4 is 23.3 Å². The van der Waals surface area contributed by atoms with Gasteiger partial charge >= 0.3 is 23.9 Å². The summed E-state index contributed by atoms with van der Waals surface area (Å²) in [4.78, 5) is 12.0. The number of halogens is 7. The summed E-state index contributed by atoms with van der Waals surface area (Å²) in [5.74, 6) is -15.5. The number of isothiocyanates is 1. The molecule has 0 aliphatic carbocycles. The van der Waals surface area contributed by atoms with Gasteiger partial charge in [0.15, 0.2) is 0 Å². The summed E-state index contributed by atoms with van der Waals surface area (Å²) in [6.45, 7) is 0. The van der Waals surface area contributed by atoms with Crippen LogP contribution in [0.25, 0.3) is 0 Å². The summed E-state index contributed by atoms with van der Waals surface area (Å²) < 4.78 is 83.1. The maximum atomic E-state index is 12.3. The lowest BCUT2D eigenvalue weighted by Gasteiger charge is -2.25. The number of hydrogen-bond donors (Lipinski definition) is 0. The summed E-state index contributed by atoms with van der Waals surface area (Å²) in [5.41, 5.74) is 0. The fourth-order valence-corrected chi connectivity index (χ4v) is 0.507. The van der Waals surface area contributed by atoms with Crippen molar-refractivity contribution < 1.29 is 35.5 Å². The highest BCUT2D eigenvalue weighted by molar-refractivity contribution is 7.78. The lowest BCUT2D eigenvalue weighted by Crippen LogP contribution is -2.55. The molecule has 0 radical (unpaired) electrons. The first-order chi connectivity index (χ1) is 6.48. The Morgan fingerprint density at radius 2 is 1.47 bits per heavy atom. The lowest BCUT2D eigenvalue weighted by atomic mass is 10.1. The van der Waals surface area contributed by atoms with E-state index in [9.17, 15) is 35.5 Å². The van der Waals surface area contributed by atoms with E-state index in [-0.39, 0.29) is 0 Å². The van der Waals surface area contributed by atoms with Crippen LogP contribution >= 0.6 is 12.2 Å². The number of aliphatic imine (C=N–C) groups is 1. The van der Waals surface area contributed by atoms with Crippen LogP contribution in [0.5, 0.6) is 0 Å². The van der Waals surface area contributed by atoms with Crippen molar-refractivity contribution in [3.63, 3.8) is 0 Å². The Labute approximate surface area is 82.8 Å². The van der Waals surface area contributed by atoms with Crippen molar-refractivity contribution in [3.8, 4) is 0 Å². The number of amides is 1. The van der Waals surface area contributed by atoms with Crippen molar-refractivity contribution in [1.29, 1.82) is 0 Å². The molecule has 0 aromatic heterocycles. The topological polar surface area (TPSA) is 29.4 Å². The quantitative estimate of drug-likeness (QED) is 0.431. The third-order valence-electron chi connectivity index (χ3n) is 1.17. The van der Waals surface area contributed by atoms with Crippen LogP contribution in [-0.2, 0) is 4.79 Å². The van der Waals surface area contributed by atoms with E-state index in [0.717, 1.165) is 5.16 Å². The maximum absolute atomic E-state index is 12.3. The summed E-state index contributed by atoms with van der Waals surface area (Å²) in [5, 5.41) is 0.975. The molecule has 0 fully saturated rings. The van der Waals surface area contributed by atoms with Gasteiger partial charge in [-0.2, -0.15) is 35.7 Å². The molecule has 0 saturated heterocycles. The van der Waals surface area contributed by atoms with Crippen molar-refractivity contribution in [2.75, 3.05) is 0 Å². The van der Waals surface area contributed by atoms with Crippen molar-refractivity contribution in [2.45, 2.75) is 18.0 Å². The Morgan fingerprint density at radius 3 is 1.73 bits per heavy atom. The van der Waals surface area contributed by atoms with Gasteiger partial charge < -0.3 is 0 Å². The molecule has 0 rings (SSSR count). The molecule has 2 nitrogen and oxygen atoms in total. The van der Waals surface area contributed by atoms with Crippen LogP contribution in [0, 0.1) is 0 Å². The molecule has 0 N–H and O–H groups in total. The Morgan fingerprint density at radius 1 is 1.07 bits per heavy atom. The van der Waals surface area contributed by atoms with Crippen LogP contribution in [0.1, 0.15) is 0 Å². The summed E-state index contributed by atoms with van der Waals surface area (Å²) >= 11 is 3.62. The molecule has 0 aromatic carbocycles. The zero-order chi connectivity index (χ0) is 12.5. The van der Waals surface area contributed by atoms with Crippen LogP contribution in [0.4, 0.5) is 30.7 Å². The van der Waals surface area contributed by atoms with E-state index < -0.39 is 23.9 Å². The standard InChI is InChI=1S/C5F7NOS/c6-3(7,2(14)13-1-15)4(8,9)5(10,11)12. The van der Waals surface area contributed by atoms with Crippen molar-refractivity contribution in [1.82, 2.24) is 0 Å². The predicted octanol–water partition coefficient (Wildman–Crippen LogP) is 2.45. The number of hydrogen-bond acceptors (Lipinski definition) is 2. The van der Waals surface area contributed by atoms with Crippen LogP contribution < -0.4 is 0 Å². The monoisotopic (exact) mass is 255 g/mol. The number of rotatable bonds is 2. The van der Waals surface area contributed by atoms with Gasteiger partial charge in [0.25, 0.3) is 0 Å². The van der Waals surface area contributed by atoms with E-state index in [4.69, 9.17) is 0 Å². The summed E-state index contributed by atoms with van der Waals surface area (Å²) in [6, 6.07) is 0. The first-order valence-electron chi connectivity index (χ1n) is 2.93. The predicted molar refractivity (Wildman–Crippen MR) is 36.0 cm³/mol. The molecule has 1 amide bonds. The van der Waals surface area contributed by atoms with E-state index in [1.807, 2.05) is 4.99 Å². The molecular formula is C5F7NOS. The average molecular weight is 255 g/mol. The molecule has 0 atom stereocenters. The van der Waals surface area contributed by atoms with Gasteiger partial charge in [-0.25, -0.2) is 0 Å². The van der Waals surface area contributed by atoms with Gasteiger partial charge in [0.1, 0.15) is 0 Å². The first kappa shape index (κ1) is 14.0. The Hall–Kier alpha value is -1.02. The van der Waals surface area contributed by atoms with Crippen LogP contribution in [-0.4, -0.2) is 29.1 Å². The number of carbonyl (C=O) groups is 1. The fraction of sp³-hybridized carbons (Fsp3) is 0.600. The molecule has 0 aliphatic rings. The SMILES string of the molecule is O=C(N=C=S)C(F)(F)C(F)(F)C(F)(F)F.